The number of urea groups is 1. The Balaban J connectivity index is 1.59. The van der Waals surface area contributed by atoms with E-state index in [0.29, 0.717) is 22.8 Å². The third kappa shape index (κ3) is 4.52. The van der Waals surface area contributed by atoms with Crippen molar-refractivity contribution < 1.29 is 18.7 Å². The minimum Gasteiger partial charge on any atom is -0.483 e. The molecule has 0 radical (unpaired) electrons. The van der Waals surface area contributed by atoms with Crippen molar-refractivity contribution in [1.82, 2.24) is 10.6 Å². The van der Waals surface area contributed by atoms with E-state index >= 15 is 0 Å². The van der Waals surface area contributed by atoms with Gasteiger partial charge in [0.05, 0.1) is 0 Å². The van der Waals surface area contributed by atoms with Gasteiger partial charge in [-0.3, -0.25) is 10.1 Å². The number of rotatable bonds is 4. The Morgan fingerprint density at radius 3 is 2.71 bits per heavy atom. The zero-order valence-electron chi connectivity index (χ0n) is 16.5. The highest BCUT2D eigenvalue weighted by Crippen LogP contribution is 2.28. The number of hydrogen-bond donors (Lipinski definition) is 2. The number of carbonyl (C=O) groups is 2. The molecule has 0 unspecified atom stereocenters. The van der Waals surface area contributed by atoms with E-state index in [1.165, 1.54) is 12.5 Å². The molecule has 1 aliphatic rings. The van der Waals surface area contributed by atoms with E-state index in [4.69, 9.17) is 9.15 Å². The quantitative estimate of drug-likeness (QED) is 0.787. The van der Waals surface area contributed by atoms with Gasteiger partial charge in [-0.15, -0.1) is 0 Å². The van der Waals surface area contributed by atoms with Crippen LogP contribution in [0, 0.1) is 19.8 Å². The molecule has 3 rings (SSSR count). The normalized spacial score (nSPS) is 19.2. The second-order valence-corrected chi connectivity index (χ2v) is 7.49. The molecule has 1 aliphatic carbocycles. The van der Waals surface area contributed by atoms with Crippen molar-refractivity contribution in [3.63, 3.8) is 0 Å². The van der Waals surface area contributed by atoms with E-state index in [1.807, 2.05) is 6.92 Å². The van der Waals surface area contributed by atoms with Crippen molar-refractivity contribution in [1.29, 1.82) is 0 Å². The summed E-state index contributed by atoms with van der Waals surface area (Å²) < 4.78 is 10.8. The lowest BCUT2D eigenvalue weighted by Crippen LogP contribution is -2.48. The summed E-state index contributed by atoms with van der Waals surface area (Å²) in [7, 11) is 0. The SMILES string of the molecule is Cc1cc(=O)oc2c(C)c(OCC(=O)NC(=O)N[C@H]3CCCC[C@H]3C)ccc12. The van der Waals surface area contributed by atoms with Crippen molar-refractivity contribution in [2.24, 2.45) is 5.92 Å². The van der Waals surface area contributed by atoms with Crippen molar-refractivity contribution in [2.45, 2.75) is 52.5 Å². The molecule has 1 aromatic heterocycles. The van der Waals surface area contributed by atoms with Crippen LogP contribution in [0.3, 0.4) is 0 Å². The van der Waals surface area contributed by atoms with E-state index in [9.17, 15) is 14.4 Å². The smallest absolute Gasteiger partial charge is 0.336 e. The maximum Gasteiger partial charge on any atom is 0.336 e. The van der Waals surface area contributed by atoms with Crippen LogP contribution < -0.4 is 21.0 Å². The Bertz CT molecular complexity index is 950. The molecular weight excluding hydrogens is 360 g/mol. The molecule has 1 heterocycles. The zero-order chi connectivity index (χ0) is 20.3. The first-order valence-electron chi connectivity index (χ1n) is 9.62. The summed E-state index contributed by atoms with van der Waals surface area (Å²) in [5.74, 6) is 0.299. The second-order valence-electron chi connectivity index (χ2n) is 7.49. The highest BCUT2D eigenvalue weighted by molar-refractivity contribution is 5.95. The molecule has 2 aromatic rings. The van der Waals surface area contributed by atoms with Crippen LogP contribution in [0.2, 0.25) is 0 Å². The number of ether oxygens (including phenoxy) is 1. The highest BCUT2D eigenvalue weighted by atomic mass is 16.5. The maximum atomic E-state index is 12.1. The van der Waals surface area contributed by atoms with Gasteiger partial charge in [-0.05, 0) is 50.3 Å². The molecule has 2 atom stereocenters. The van der Waals surface area contributed by atoms with Gasteiger partial charge >= 0.3 is 11.7 Å². The van der Waals surface area contributed by atoms with Crippen LogP contribution in [0.4, 0.5) is 4.79 Å². The Kier molecular flexibility index (Phi) is 6.02. The monoisotopic (exact) mass is 386 g/mol. The van der Waals surface area contributed by atoms with Crippen molar-refractivity contribution >= 4 is 22.9 Å². The number of aryl methyl sites for hydroxylation is 2. The van der Waals surface area contributed by atoms with Gasteiger partial charge in [-0.2, -0.15) is 0 Å². The van der Waals surface area contributed by atoms with E-state index in [1.54, 1.807) is 19.1 Å². The second kappa shape index (κ2) is 8.46. The van der Waals surface area contributed by atoms with Gasteiger partial charge < -0.3 is 14.5 Å². The molecule has 1 saturated carbocycles. The lowest BCUT2D eigenvalue weighted by molar-refractivity contribution is -0.122. The molecule has 28 heavy (non-hydrogen) atoms. The Hall–Kier alpha value is -2.83. The standard InChI is InChI=1S/C21H26N2O5/c1-12-6-4-5-7-16(12)22-21(26)23-18(24)11-27-17-9-8-15-13(2)10-19(25)28-20(15)14(17)3/h8-10,12,16H,4-7,11H2,1-3H3,(H2,22,23,24,26)/t12-,16+/m1/s1. The zero-order valence-corrected chi connectivity index (χ0v) is 16.5. The fourth-order valence-electron chi connectivity index (χ4n) is 3.70. The average Bonchev–Trinajstić information content (AvgIpc) is 2.63. The van der Waals surface area contributed by atoms with Crippen LogP contribution in [0.25, 0.3) is 11.0 Å². The first-order chi connectivity index (χ1) is 13.3. The van der Waals surface area contributed by atoms with E-state index < -0.39 is 17.6 Å². The lowest BCUT2D eigenvalue weighted by atomic mass is 9.86. The molecule has 2 N–H and O–H groups in total. The minimum absolute atomic E-state index is 0.0938. The van der Waals surface area contributed by atoms with Gasteiger partial charge in [0.15, 0.2) is 6.61 Å². The van der Waals surface area contributed by atoms with Crippen LogP contribution in [0.1, 0.15) is 43.7 Å². The van der Waals surface area contributed by atoms with Crippen LogP contribution in [0.15, 0.2) is 27.4 Å². The van der Waals surface area contributed by atoms with Gasteiger partial charge in [-0.25, -0.2) is 9.59 Å². The fourth-order valence-corrected chi connectivity index (χ4v) is 3.70. The number of amides is 3. The summed E-state index contributed by atoms with van der Waals surface area (Å²) >= 11 is 0. The van der Waals surface area contributed by atoms with E-state index in [-0.39, 0.29) is 12.6 Å². The van der Waals surface area contributed by atoms with Gasteiger partial charge in [0.2, 0.25) is 0 Å². The van der Waals surface area contributed by atoms with Crippen LogP contribution in [0.5, 0.6) is 5.75 Å². The molecule has 0 saturated heterocycles. The number of carbonyl (C=O) groups excluding carboxylic acids is 2. The van der Waals surface area contributed by atoms with Crippen LogP contribution in [-0.4, -0.2) is 24.6 Å². The minimum atomic E-state index is -0.536. The van der Waals surface area contributed by atoms with Gasteiger partial charge in [0, 0.05) is 23.1 Å². The fraction of sp³-hybridized carbons (Fsp3) is 0.476. The maximum absolute atomic E-state index is 12.1. The number of imide groups is 1. The number of fused-ring (bicyclic) bond motifs is 1. The highest BCUT2D eigenvalue weighted by Gasteiger charge is 2.23. The summed E-state index contributed by atoms with van der Waals surface area (Å²) in [6.07, 6.45) is 4.28. The predicted molar refractivity (Wildman–Crippen MR) is 106 cm³/mol. The Morgan fingerprint density at radius 2 is 1.96 bits per heavy atom. The van der Waals surface area contributed by atoms with Gasteiger partial charge in [-0.1, -0.05) is 19.8 Å². The molecule has 7 heteroatoms. The summed E-state index contributed by atoms with van der Waals surface area (Å²) in [6, 6.07) is 4.54. The van der Waals surface area contributed by atoms with E-state index in [0.717, 1.165) is 30.2 Å². The van der Waals surface area contributed by atoms with Gasteiger partial charge in [0.25, 0.3) is 5.91 Å². The first kappa shape index (κ1) is 19.9. The summed E-state index contributed by atoms with van der Waals surface area (Å²) in [6.45, 7) is 5.39. The summed E-state index contributed by atoms with van der Waals surface area (Å²) in [5, 5.41) is 5.99. The number of nitrogens with one attached hydrogen (secondary N) is 2. The molecule has 150 valence electrons. The molecule has 3 amide bonds. The summed E-state index contributed by atoms with van der Waals surface area (Å²) in [5.41, 5.74) is 1.45. The molecule has 0 aliphatic heterocycles. The molecule has 1 fully saturated rings. The van der Waals surface area contributed by atoms with Crippen LogP contribution in [-0.2, 0) is 4.79 Å². The molecule has 0 spiro atoms. The predicted octanol–water partition coefficient (Wildman–Crippen LogP) is 3.19. The Labute approximate surface area is 163 Å². The molecule has 7 nitrogen and oxygen atoms in total. The summed E-state index contributed by atoms with van der Waals surface area (Å²) in [4.78, 5) is 35.7. The molecular formula is C21H26N2O5. The lowest BCUT2D eigenvalue weighted by Gasteiger charge is -2.29. The van der Waals surface area contributed by atoms with Crippen LogP contribution >= 0.6 is 0 Å². The van der Waals surface area contributed by atoms with Crippen molar-refractivity contribution in [3.8, 4) is 5.75 Å². The number of benzene rings is 1. The van der Waals surface area contributed by atoms with Gasteiger partial charge in [0.1, 0.15) is 11.3 Å². The number of hydrogen-bond acceptors (Lipinski definition) is 5. The van der Waals surface area contributed by atoms with Crippen molar-refractivity contribution in [2.75, 3.05) is 6.61 Å². The first-order valence-corrected chi connectivity index (χ1v) is 9.62. The average molecular weight is 386 g/mol. The topological polar surface area (TPSA) is 97.6 Å². The third-order valence-electron chi connectivity index (χ3n) is 5.36. The Morgan fingerprint density at radius 1 is 1.21 bits per heavy atom. The molecule has 1 aromatic carbocycles. The largest absolute Gasteiger partial charge is 0.483 e. The van der Waals surface area contributed by atoms with Crippen molar-refractivity contribution in [3.05, 3.63) is 39.7 Å². The van der Waals surface area contributed by atoms with E-state index in [2.05, 4.69) is 17.6 Å². The third-order valence-corrected chi connectivity index (χ3v) is 5.36. The molecule has 0 bridgehead atoms.